The van der Waals surface area contributed by atoms with Crippen LogP contribution in [0.4, 0.5) is 0 Å². The number of alkyl halides is 1. The van der Waals surface area contributed by atoms with E-state index >= 15 is 0 Å². The molecule has 0 aliphatic heterocycles. The molecule has 2 nitrogen and oxygen atoms in total. The van der Waals surface area contributed by atoms with Crippen molar-refractivity contribution in [1.82, 2.24) is 9.55 Å². The van der Waals surface area contributed by atoms with Crippen molar-refractivity contribution >= 4 is 72.5 Å². The molecule has 1 aromatic carbocycles. The fourth-order valence-corrected chi connectivity index (χ4v) is 4.31. The Hall–Kier alpha value is -0.110. The van der Waals surface area contributed by atoms with E-state index in [1.807, 2.05) is 0 Å². The van der Waals surface area contributed by atoms with Gasteiger partial charge in [-0.15, -0.1) is 22.9 Å². The number of benzene rings is 1. The molecule has 104 valence electrons. The van der Waals surface area contributed by atoms with Crippen molar-refractivity contribution in [3.8, 4) is 0 Å². The summed E-state index contributed by atoms with van der Waals surface area (Å²) in [6, 6.07) is 10.6. The Bertz CT molecular complexity index is 753. The minimum atomic E-state index is 0.592. The topological polar surface area (TPSA) is 17.8 Å². The van der Waals surface area contributed by atoms with E-state index in [-0.39, 0.29) is 0 Å². The first kappa shape index (κ1) is 14.8. The van der Waals surface area contributed by atoms with E-state index in [9.17, 15) is 0 Å². The molecule has 0 unspecified atom stereocenters. The number of hydrogen-bond donors (Lipinski definition) is 0. The second-order valence-corrected chi connectivity index (χ2v) is 8.56. The van der Waals surface area contributed by atoms with E-state index in [0.29, 0.717) is 5.88 Å². The van der Waals surface area contributed by atoms with Crippen molar-refractivity contribution in [3.05, 3.63) is 48.4 Å². The molecular weight excluding hydrogens is 470 g/mol. The van der Waals surface area contributed by atoms with E-state index in [1.54, 1.807) is 11.3 Å². The fourth-order valence-electron chi connectivity index (χ4n) is 2.20. The average molecular weight is 482 g/mol. The van der Waals surface area contributed by atoms with E-state index < -0.39 is 0 Å². The molecule has 0 amide bonds. The number of thiophene rings is 1. The summed E-state index contributed by atoms with van der Waals surface area (Å²) in [5, 5.41) is 0. The van der Waals surface area contributed by atoms with Crippen molar-refractivity contribution in [2.45, 2.75) is 13.0 Å². The molecule has 0 saturated heterocycles. The van der Waals surface area contributed by atoms with Gasteiger partial charge in [-0.05, 0) is 68.9 Å². The maximum Gasteiger partial charge on any atom is 0.111 e. The van der Waals surface area contributed by atoms with Crippen LogP contribution in [-0.2, 0) is 13.0 Å². The van der Waals surface area contributed by atoms with Crippen molar-refractivity contribution in [2.24, 2.45) is 0 Å². The third-order valence-corrected chi connectivity index (χ3v) is 5.52. The lowest BCUT2D eigenvalue weighted by molar-refractivity contribution is 0.763. The van der Waals surface area contributed by atoms with Gasteiger partial charge >= 0.3 is 0 Å². The number of aryl methyl sites for hydroxylation is 1. The Morgan fingerprint density at radius 1 is 1.30 bits per heavy atom. The zero-order valence-electron chi connectivity index (χ0n) is 10.4. The third kappa shape index (κ3) is 3.05. The molecular formula is C14H11BrClIN2S. The summed E-state index contributed by atoms with van der Waals surface area (Å²) in [6.07, 6.45) is 0.791. The summed E-state index contributed by atoms with van der Waals surface area (Å²) in [4.78, 5) is 6.04. The number of hydrogen-bond acceptors (Lipinski definition) is 2. The van der Waals surface area contributed by atoms with Crippen molar-refractivity contribution in [3.63, 3.8) is 0 Å². The summed E-state index contributed by atoms with van der Waals surface area (Å²) in [5.41, 5.74) is 2.22. The molecule has 0 spiro atoms. The monoisotopic (exact) mass is 480 g/mol. The van der Waals surface area contributed by atoms with Gasteiger partial charge in [0.1, 0.15) is 5.82 Å². The zero-order valence-corrected chi connectivity index (χ0v) is 15.8. The number of fused-ring (bicyclic) bond motifs is 1. The fraction of sp³-hybridized carbons (Fsp3) is 0.214. The summed E-state index contributed by atoms with van der Waals surface area (Å²) in [7, 11) is 0. The Kier molecular flexibility index (Phi) is 4.69. The van der Waals surface area contributed by atoms with Crippen molar-refractivity contribution < 1.29 is 0 Å². The number of aromatic nitrogens is 2. The molecule has 0 N–H and O–H groups in total. The van der Waals surface area contributed by atoms with E-state index in [1.165, 1.54) is 14.0 Å². The summed E-state index contributed by atoms with van der Waals surface area (Å²) < 4.78 is 4.63. The third-order valence-electron chi connectivity index (χ3n) is 3.05. The van der Waals surface area contributed by atoms with Gasteiger partial charge in [-0.1, -0.05) is 0 Å². The molecule has 0 saturated carbocycles. The van der Waals surface area contributed by atoms with Crippen LogP contribution in [0.1, 0.15) is 10.7 Å². The lowest BCUT2D eigenvalue weighted by atomic mass is 10.3. The standard InChI is InChI=1S/C14H11BrClIN2S/c15-13-4-2-10(20-13)8-19-12-3-1-9(17)7-11(12)18-14(19)5-6-16/h1-4,7H,5-6,8H2. The Balaban J connectivity index is 2.08. The van der Waals surface area contributed by atoms with Crippen LogP contribution in [0, 0.1) is 3.57 Å². The van der Waals surface area contributed by atoms with Gasteiger partial charge in [-0.3, -0.25) is 0 Å². The first-order chi connectivity index (χ1) is 9.67. The molecule has 2 aromatic heterocycles. The molecule has 3 rings (SSSR count). The van der Waals surface area contributed by atoms with Crippen molar-refractivity contribution in [2.75, 3.05) is 5.88 Å². The zero-order chi connectivity index (χ0) is 14.1. The SMILES string of the molecule is ClCCc1nc2cc(I)ccc2n1Cc1ccc(Br)s1. The van der Waals surface area contributed by atoms with Crippen LogP contribution in [0.25, 0.3) is 11.0 Å². The van der Waals surface area contributed by atoms with Crippen LogP contribution >= 0.6 is 61.5 Å². The minimum absolute atomic E-state index is 0.592. The first-order valence-corrected chi connectivity index (χ1v) is 9.34. The number of imidazole rings is 1. The molecule has 0 fully saturated rings. The van der Waals surface area contributed by atoms with Gasteiger partial charge in [0.2, 0.25) is 0 Å². The van der Waals surface area contributed by atoms with Crippen LogP contribution in [0.15, 0.2) is 34.1 Å². The second-order valence-electron chi connectivity index (χ2n) is 4.39. The normalized spacial score (nSPS) is 11.3. The number of rotatable bonds is 4. The molecule has 0 aliphatic rings. The molecule has 20 heavy (non-hydrogen) atoms. The molecule has 0 radical (unpaired) electrons. The average Bonchev–Trinajstić information content (AvgIpc) is 2.95. The van der Waals surface area contributed by atoms with Crippen LogP contribution in [0.2, 0.25) is 0 Å². The van der Waals surface area contributed by atoms with Gasteiger partial charge in [0.05, 0.1) is 21.4 Å². The van der Waals surface area contributed by atoms with Crippen LogP contribution in [0.3, 0.4) is 0 Å². The number of nitrogens with zero attached hydrogens (tertiary/aromatic N) is 2. The van der Waals surface area contributed by atoms with Gasteiger partial charge in [-0.25, -0.2) is 4.98 Å². The largest absolute Gasteiger partial charge is 0.323 e. The second kappa shape index (κ2) is 6.34. The predicted octanol–water partition coefficient (Wildman–Crippen LogP) is 5.29. The maximum absolute atomic E-state index is 5.91. The van der Waals surface area contributed by atoms with Gasteiger partial charge in [0.15, 0.2) is 0 Å². The van der Waals surface area contributed by atoms with Gasteiger partial charge < -0.3 is 4.57 Å². The highest BCUT2D eigenvalue weighted by atomic mass is 127. The highest BCUT2D eigenvalue weighted by Gasteiger charge is 2.12. The maximum atomic E-state index is 5.91. The lowest BCUT2D eigenvalue weighted by Crippen LogP contribution is -2.04. The van der Waals surface area contributed by atoms with Gasteiger partial charge in [-0.2, -0.15) is 0 Å². The van der Waals surface area contributed by atoms with E-state index in [2.05, 4.69) is 73.4 Å². The molecule has 0 aliphatic carbocycles. The summed E-state index contributed by atoms with van der Waals surface area (Å²) >= 11 is 13.5. The summed E-state index contributed by atoms with van der Waals surface area (Å²) in [6.45, 7) is 0.847. The molecule has 2 heterocycles. The van der Waals surface area contributed by atoms with Crippen LogP contribution < -0.4 is 0 Å². The van der Waals surface area contributed by atoms with E-state index in [4.69, 9.17) is 16.6 Å². The Morgan fingerprint density at radius 3 is 2.85 bits per heavy atom. The number of halogens is 3. The van der Waals surface area contributed by atoms with E-state index in [0.717, 1.165) is 28.1 Å². The molecule has 6 heteroatoms. The highest BCUT2D eigenvalue weighted by molar-refractivity contribution is 14.1. The first-order valence-electron chi connectivity index (χ1n) is 6.12. The van der Waals surface area contributed by atoms with Gasteiger partial charge in [0.25, 0.3) is 0 Å². The smallest absolute Gasteiger partial charge is 0.111 e. The van der Waals surface area contributed by atoms with Gasteiger partial charge in [0, 0.05) is 20.7 Å². The summed E-state index contributed by atoms with van der Waals surface area (Å²) in [5.74, 6) is 1.65. The Labute approximate surface area is 148 Å². The quantitative estimate of drug-likeness (QED) is 0.366. The lowest BCUT2D eigenvalue weighted by Gasteiger charge is -2.07. The molecule has 0 bridgehead atoms. The predicted molar refractivity (Wildman–Crippen MR) is 98.0 cm³/mol. The van der Waals surface area contributed by atoms with Crippen molar-refractivity contribution in [1.29, 1.82) is 0 Å². The Morgan fingerprint density at radius 2 is 2.15 bits per heavy atom. The highest BCUT2D eigenvalue weighted by Crippen LogP contribution is 2.26. The van der Waals surface area contributed by atoms with Crippen LogP contribution in [-0.4, -0.2) is 15.4 Å². The van der Waals surface area contributed by atoms with Crippen LogP contribution in [0.5, 0.6) is 0 Å². The molecule has 3 aromatic rings. The minimum Gasteiger partial charge on any atom is -0.323 e. The molecule has 0 atom stereocenters.